The van der Waals surface area contributed by atoms with Gasteiger partial charge in [0.1, 0.15) is 5.82 Å². The van der Waals surface area contributed by atoms with Gasteiger partial charge in [-0.3, -0.25) is 14.9 Å². The highest BCUT2D eigenvalue weighted by Gasteiger charge is 2.36. The molecule has 0 saturated carbocycles. The summed E-state index contributed by atoms with van der Waals surface area (Å²) in [6.07, 6.45) is 1.91. The highest BCUT2D eigenvalue weighted by Crippen LogP contribution is 2.35. The first-order chi connectivity index (χ1) is 9.02. The van der Waals surface area contributed by atoms with Gasteiger partial charge in [-0.15, -0.1) is 0 Å². The van der Waals surface area contributed by atoms with Crippen molar-refractivity contribution in [3.63, 3.8) is 0 Å². The van der Waals surface area contributed by atoms with Gasteiger partial charge in [-0.25, -0.2) is 4.39 Å². The first-order valence-electron chi connectivity index (χ1n) is 6.62. The van der Waals surface area contributed by atoms with E-state index in [4.69, 9.17) is 0 Å². The third-order valence-corrected chi connectivity index (χ3v) is 3.72. The fraction of sp³-hybridized carbons (Fsp3) is 0.467. The van der Waals surface area contributed by atoms with Gasteiger partial charge in [0.15, 0.2) is 0 Å². The van der Waals surface area contributed by atoms with Crippen LogP contribution in [0.4, 0.5) is 4.39 Å². The molecule has 2 unspecified atom stereocenters. The number of carbonyl (C=O) groups excluding carboxylic acids is 2. The second-order valence-electron chi connectivity index (χ2n) is 5.12. The SMILES string of the molecule is CCCC1C(=O)NC(=O)CC1c1ccc(F)cc1C. The lowest BCUT2D eigenvalue weighted by Gasteiger charge is -2.31. The molecule has 1 aromatic carbocycles. The molecule has 1 fully saturated rings. The molecule has 0 spiro atoms. The van der Waals surface area contributed by atoms with Gasteiger partial charge in [0.25, 0.3) is 0 Å². The first-order valence-corrected chi connectivity index (χ1v) is 6.62. The van der Waals surface area contributed by atoms with Crippen molar-refractivity contribution in [2.45, 2.75) is 39.0 Å². The molecule has 2 amide bonds. The van der Waals surface area contributed by atoms with Crippen LogP contribution in [0.15, 0.2) is 18.2 Å². The smallest absolute Gasteiger partial charge is 0.230 e. The molecular weight excluding hydrogens is 245 g/mol. The minimum Gasteiger partial charge on any atom is -0.296 e. The van der Waals surface area contributed by atoms with Gasteiger partial charge < -0.3 is 0 Å². The fourth-order valence-corrected chi connectivity index (χ4v) is 2.83. The number of rotatable bonds is 3. The molecule has 1 aromatic rings. The number of hydrogen-bond acceptors (Lipinski definition) is 2. The van der Waals surface area contributed by atoms with Gasteiger partial charge in [-0.2, -0.15) is 0 Å². The van der Waals surface area contributed by atoms with Crippen molar-refractivity contribution in [1.82, 2.24) is 5.32 Å². The Kier molecular flexibility index (Phi) is 3.98. The van der Waals surface area contributed by atoms with E-state index in [2.05, 4.69) is 5.32 Å². The quantitative estimate of drug-likeness (QED) is 0.852. The van der Waals surface area contributed by atoms with Crippen molar-refractivity contribution in [3.05, 3.63) is 35.1 Å². The molecule has 0 aromatic heterocycles. The van der Waals surface area contributed by atoms with Gasteiger partial charge in [-0.1, -0.05) is 19.4 Å². The predicted molar refractivity (Wildman–Crippen MR) is 70.0 cm³/mol. The third-order valence-electron chi connectivity index (χ3n) is 3.72. The van der Waals surface area contributed by atoms with Crippen LogP contribution in [0.25, 0.3) is 0 Å². The van der Waals surface area contributed by atoms with E-state index in [9.17, 15) is 14.0 Å². The second-order valence-corrected chi connectivity index (χ2v) is 5.12. The molecule has 1 heterocycles. The molecule has 1 saturated heterocycles. The normalized spacial score (nSPS) is 23.3. The van der Waals surface area contributed by atoms with E-state index in [-0.39, 0.29) is 29.5 Å². The summed E-state index contributed by atoms with van der Waals surface area (Å²) in [4.78, 5) is 23.5. The number of carbonyl (C=O) groups is 2. The lowest BCUT2D eigenvalue weighted by molar-refractivity contribution is -0.137. The number of amides is 2. The Hall–Kier alpha value is -1.71. The Morgan fingerprint density at radius 2 is 2.11 bits per heavy atom. The van der Waals surface area contributed by atoms with E-state index in [1.807, 2.05) is 13.8 Å². The standard InChI is InChI=1S/C15H18FNO2/c1-3-4-12-13(8-14(18)17-15(12)19)11-6-5-10(16)7-9(11)2/h5-7,12-13H,3-4,8H2,1-2H3,(H,17,18,19). The Labute approximate surface area is 112 Å². The molecule has 0 aliphatic carbocycles. The Balaban J connectivity index is 2.37. The van der Waals surface area contributed by atoms with Crippen LogP contribution >= 0.6 is 0 Å². The van der Waals surface area contributed by atoms with E-state index in [1.165, 1.54) is 12.1 Å². The van der Waals surface area contributed by atoms with Crippen molar-refractivity contribution in [3.8, 4) is 0 Å². The molecule has 1 aliphatic rings. The van der Waals surface area contributed by atoms with Crippen molar-refractivity contribution in [1.29, 1.82) is 0 Å². The largest absolute Gasteiger partial charge is 0.296 e. The topological polar surface area (TPSA) is 46.2 Å². The molecular formula is C15H18FNO2. The highest BCUT2D eigenvalue weighted by atomic mass is 19.1. The summed E-state index contributed by atoms with van der Waals surface area (Å²) < 4.78 is 13.2. The maximum atomic E-state index is 13.2. The molecule has 102 valence electrons. The Morgan fingerprint density at radius 3 is 2.74 bits per heavy atom. The molecule has 1 N–H and O–H groups in total. The molecule has 0 bridgehead atoms. The van der Waals surface area contributed by atoms with Crippen molar-refractivity contribution in [2.24, 2.45) is 5.92 Å². The summed E-state index contributed by atoms with van der Waals surface area (Å²) in [5.74, 6) is -1.08. The lowest BCUT2D eigenvalue weighted by Crippen LogP contribution is -2.44. The van der Waals surface area contributed by atoms with Crippen LogP contribution in [-0.4, -0.2) is 11.8 Å². The summed E-state index contributed by atoms with van der Waals surface area (Å²) in [5.41, 5.74) is 1.71. The summed E-state index contributed by atoms with van der Waals surface area (Å²) in [6, 6.07) is 4.54. The lowest BCUT2D eigenvalue weighted by atomic mass is 9.77. The molecule has 3 nitrogen and oxygen atoms in total. The average Bonchev–Trinajstić information content (AvgIpc) is 2.32. The number of benzene rings is 1. The monoisotopic (exact) mass is 263 g/mol. The maximum absolute atomic E-state index is 13.2. The number of piperidine rings is 1. The number of nitrogens with one attached hydrogen (secondary N) is 1. The molecule has 19 heavy (non-hydrogen) atoms. The minimum atomic E-state index is -0.292. The third kappa shape index (κ3) is 2.83. The Bertz CT molecular complexity index is 513. The molecule has 0 radical (unpaired) electrons. The minimum absolute atomic E-state index is 0.137. The van der Waals surface area contributed by atoms with Gasteiger partial charge in [0.2, 0.25) is 11.8 Å². The zero-order chi connectivity index (χ0) is 14.0. The van der Waals surface area contributed by atoms with Crippen LogP contribution in [0.3, 0.4) is 0 Å². The van der Waals surface area contributed by atoms with E-state index < -0.39 is 0 Å². The molecule has 2 atom stereocenters. The van der Waals surface area contributed by atoms with Gasteiger partial charge in [0, 0.05) is 18.3 Å². The number of halogens is 1. The van der Waals surface area contributed by atoms with Crippen LogP contribution < -0.4 is 5.32 Å². The van der Waals surface area contributed by atoms with Crippen LogP contribution in [0.2, 0.25) is 0 Å². The summed E-state index contributed by atoms with van der Waals surface area (Å²) in [7, 11) is 0. The van der Waals surface area contributed by atoms with E-state index >= 15 is 0 Å². The number of aryl methyl sites for hydroxylation is 1. The van der Waals surface area contributed by atoms with Crippen LogP contribution in [0.5, 0.6) is 0 Å². The van der Waals surface area contributed by atoms with Crippen molar-refractivity contribution in [2.75, 3.05) is 0 Å². The van der Waals surface area contributed by atoms with Gasteiger partial charge in [-0.05, 0) is 36.6 Å². The van der Waals surface area contributed by atoms with E-state index in [0.29, 0.717) is 6.42 Å². The molecule has 4 heteroatoms. The Morgan fingerprint density at radius 1 is 1.37 bits per heavy atom. The first kappa shape index (κ1) is 13.7. The second kappa shape index (κ2) is 5.51. The zero-order valence-electron chi connectivity index (χ0n) is 11.2. The number of imide groups is 1. The summed E-state index contributed by atoms with van der Waals surface area (Å²) in [6.45, 7) is 3.83. The maximum Gasteiger partial charge on any atom is 0.230 e. The predicted octanol–water partition coefficient (Wildman–Crippen LogP) is 2.68. The fourth-order valence-electron chi connectivity index (χ4n) is 2.83. The van der Waals surface area contributed by atoms with Crippen LogP contribution in [0, 0.1) is 18.7 Å². The van der Waals surface area contributed by atoms with Gasteiger partial charge in [0.05, 0.1) is 0 Å². The molecule has 2 rings (SSSR count). The van der Waals surface area contributed by atoms with Crippen LogP contribution in [0.1, 0.15) is 43.2 Å². The summed E-state index contributed by atoms with van der Waals surface area (Å²) in [5, 5.41) is 2.39. The van der Waals surface area contributed by atoms with Crippen molar-refractivity contribution < 1.29 is 14.0 Å². The van der Waals surface area contributed by atoms with Crippen molar-refractivity contribution >= 4 is 11.8 Å². The van der Waals surface area contributed by atoms with Gasteiger partial charge >= 0.3 is 0 Å². The number of hydrogen-bond donors (Lipinski definition) is 1. The van der Waals surface area contributed by atoms with E-state index in [0.717, 1.165) is 24.0 Å². The van der Waals surface area contributed by atoms with Crippen LogP contribution in [-0.2, 0) is 9.59 Å². The molecule has 1 aliphatic heterocycles. The highest BCUT2D eigenvalue weighted by molar-refractivity contribution is 5.99. The average molecular weight is 263 g/mol. The van der Waals surface area contributed by atoms with E-state index in [1.54, 1.807) is 6.07 Å². The summed E-state index contributed by atoms with van der Waals surface area (Å²) >= 11 is 0. The zero-order valence-corrected chi connectivity index (χ0v) is 11.2.